The summed E-state index contributed by atoms with van der Waals surface area (Å²) in [4.78, 5) is 39.0. The van der Waals surface area contributed by atoms with E-state index in [-0.39, 0.29) is 30.4 Å². The number of hydrogen-bond donors (Lipinski definition) is 2. The first-order valence-electron chi connectivity index (χ1n) is 12.1. The van der Waals surface area contributed by atoms with Crippen LogP contribution in [0.5, 0.6) is 0 Å². The molecule has 0 aliphatic carbocycles. The van der Waals surface area contributed by atoms with E-state index in [0.717, 1.165) is 30.4 Å². The lowest BCUT2D eigenvalue weighted by Crippen LogP contribution is -2.47. The molecule has 0 saturated carbocycles. The molecule has 1 aliphatic rings. The van der Waals surface area contributed by atoms with Gasteiger partial charge in [0.2, 0.25) is 11.8 Å². The quantitative estimate of drug-likeness (QED) is 0.520. The van der Waals surface area contributed by atoms with Gasteiger partial charge in [0, 0.05) is 32.1 Å². The van der Waals surface area contributed by atoms with Crippen molar-refractivity contribution in [3.05, 3.63) is 71.8 Å². The van der Waals surface area contributed by atoms with Crippen molar-refractivity contribution in [3.63, 3.8) is 0 Å². The molecule has 0 radical (unpaired) electrons. The monoisotopic (exact) mass is 465 g/mol. The summed E-state index contributed by atoms with van der Waals surface area (Å²) < 4.78 is 5.16. The molecule has 1 fully saturated rings. The van der Waals surface area contributed by atoms with Crippen molar-refractivity contribution in [2.24, 2.45) is 0 Å². The van der Waals surface area contributed by atoms with Crippen LogP contribution in [0.3, 0.4) is 0 Å². The van der Waals surface area contributed by atoms with E-state index >= 15 is 0 Å². The number of nitrogens with one attached hydrogen (secondary N) is 2. The molecule has 2 N–H and O–H groups in total. The summed E-state index contributed by atoms with van der Waals surface area (Å²) in [5, 5.41) is 5.74. The van der Waals surface area contributed by atoms with E-state index in [1.54, 1.807) is 0 Å². The molecule has 0 aromatic heterocycles. The van der Waals surface area contributed by atoms with Crippen LogP contribution in [0.1, 0.15) is 56.1 Å². The number of likely N-dealkylation sites (tertiary alicyclic amines) is 1. The molecule has 1 unspecified atom stereocenters. The second kappa shape index (κ2) is 13.4. The number of amides is 3. The standard InChI is InChI=1S/C27H35N3O4/c1-2-24(22-12-7-4-8-13-22)26(32)30-18-15-23(16-19-30)29-25(31)14-9-17-28-27(33)34-20-21-10-5-3-6-11-21/h3-8,10-13,23-24H,2,9,14-20H2,1H3,(H,28,33)(H,29,31). The Balaban J connectivity index is 1.29. The van der Waals surface area contributed by atoms with Crippen LogP contribution in [0.2, 0.25) is 0 Å². The summed E-state index contributed by atoms with van der Waals surface area (Å²) in [6.45, 7) is 3.95. The number of ether oxygens (including phenoxy) is 1. The second-order valence-electron chi connectivity index (χ2n) is 8.63. The lowest BCUT2D eigenvalue weighted by atomic mass is 9.93. The van der Waals surface area contributed by atoms with Gasteiger partial charge < -0.3 is 20.3 Å². The van der Waals surface area contributed by atoms with Crippen LogP contribution in [-0.2, 0) is 20.9 Å². The normalized spacial score (nSPS) is 14.8. The number of alkyl carbamates (subject to hydrolysis) is 1. The molecule has 3 amide bonds. The van der Waals surface area contributed by atoms with Crippen molar-refractivity contribution in [3.8, 4) is 0 Å². The summed E-state index contributed by atoms with van der Waals surface area (Å²) >= 11 is 0. The Morgan fingerprint density at radius 3 is 2.29 bits per heavy atom. The van der Waals surface area contributed by atoms with Crippen LogP contribution in [0.15, 0.2) is 60.7 Å². The molecule has 34 heavy (non-hydrogen) atoms. The highest BCUT2D eigenvalue weighted by atomic mass is 16.5. The molecule has 1 atom stereocenters. The van der Waals surface area contributed by atoms with Gasteiger partial charge in [-0.05, 0) is 36.8 Å². The van der Waals surface area contributed by atoms with Crippen LogP contribution in [0.4, 0.5) is 4.79 Å². The maximum Gasteiger partial charge on any atom is 0.407 e. The third-order valence-electron chi connectivity index (χ3n) is 6.14. The van der Waals surface area contributed by atoms with Crippen molar-refractivity contribution < 1.29 is 19.1 Å². The van der Waals surface area contributed by atoms with Crippen molar-refractivity contribution in [1.29, 1.82) is 0 Å². The second-order valence-corrected chi connectivity index (χ2v) is 8.63. The van der Waals surface area contributed by atoms with Gasteiger partial charge in [-0.3, -0.25) is 9.59 Å². The molecule has 3 rings (SSSR count). The van der Waals surface area contributed by atoms with E-state index in [1.807, 2.05) is 72.5 Å². The van der Waals surface area contributed by atoms with Crippen molar-refractivity contribution in [2.75, 3.05) is 19.6 Å². The lowest BCUT2D eigenvalue weighted by molar-refractivity contribution is -0.134. The topological polar surface area (TPSA) is 87.7 Å². The van der Waals surface area contributed by atoms with E-state index in [4.69, 9.17) is 4.74 Å². The smallest absolute Gasteiger partial charge is 0.407 e. The van der Waals surface area contributed by atoms with E-state index in [0.29, 0.717) is 32.5 Å². The Bertz CT molecular complexity index is 912. The fourth-order valence-electron chi connectivity index (χ4n) is 4.22. The highest BCUT2D eigenvalue weighted by Crippen LogP contribution is 2.24. The van der Waals surface area contributed by atoms with Crippen LogP contribution >= 0.6 is 0 Å². The van der Waals surface area contributed by atoms with E-state index in [2.05, 4.69) is 10.6 Å². The highest BCUT2D eigenvalue weighted by Gasteiger charge is 2.28. The van der Waals surface area contributed by atoms with Gasteiger partial charge in [-0.2, -0.15) is 0 Å². The Hall–Kier alpha value is -3.35. The van der Waals surface area contributed by atoms with Gasteiger partial charge in [0.05, 0.1) is 5.92 Å². The first-order chi connectivity index (χ1) is 16.6. The van der Waals surface area contributed by atoms with Crippen molar-refractivity contribution in [2.45, 2.75) is 57.6 Å². The Kier molecular flexibility index (Phi) is 9.95. The Morgan fingerprint density at radius 1 is 1.00 bits per heavy atom. The number of carbonyl (C=O) groups is 3. The first-order valence-corrected chi connectivity index (χ1v) is 12.1. The third kappa shape index (κ3) is 7.90. The van der Waals surface area contributed by atoms with Crippen LogP contribution in [0, 0.1) is 0 Å². The predicted molar refractivity (Wildman–Crippen MR) is 131 cm³/mol. The Labute approximate surface area is 201 Å². The van der Waals surface area contributed by atoms with Crippen LogP contribution in [0.25, 0.3) is 0 Å². The summed E-state index contributed by atoms with van der Waals surface area (Å²) in [6, 6.07) is 19.5. The zero-order valence-electron chi connectivity index (χ0n) is 19.9. The minimum absolute atomic E-state index is 0.0278. The average Bonchev–Trinajstić information content (AvgIpc) is 2.87. The molecule has 7 nitrogen and oxygen atoms in total. The van der Waals surface area contributed by atoms with Crippen LogP contribution in [-0.4, -0.2) is 48.5 Å². The number of hydrogen-bond acceptors (Lipinski definition) is 4. The van der Waals surface area contributed by atoms with E-state index in [1.165, 1.54) is 0 Å². The fourth-order valence-corrected chi connectivity index (χ4v) is 4.22. The fraction of sp³-hybridized carbons (Fsp3) is 0.444. The number of piperidine rings is 1. The van der Waals surface area contributed by atoms with E-state index < -0.39 is 6.09 Å². The molecule has 1 aliphatic heterocycles. The molecular weight excluding hydrogens is 430 g/mol. The van der Waals surface area contributed by atoms with Crippen molar-refractivity contribution in [1.82, 2.24) is 15.5 Å². The zero-order valence-corrected chi connectivity index (χ0v) is 19.9. The molecule has 2 aromatic carbocycles. The molecule has 0 spiro atoms. The maximum absolute atomic E-state index is 13.0. The average molecular weight is 466 g/mol. The van der Waals surface area contributed by atoms with Gasteiger partial charge in [0.15, 0.2) is 0 Å². The molecule has 1 heterocycles. The summed E-state index contributed by atoms with van der Waals surface area (Å²) in [5.74, 6) is 0.0304. The van der Waals surface area contributed by atoms with Gasteiger partial charge in [0.1, 0.15) is 6.61 Å². The molecule has 7 heteroatoms. The number of nitrogens with zero attached hydrogens (tertiary/aromatic N) is 1. The first kappa shape index (κ1) is 25.3. The van der Waals surface area contributed by atoms with E-state index in [9.17, 15) is 14.4 Å². The summed E-state index contributed by atoms with van der Waals surface area (Å²) in [5.41, 5.74) is 1.98. The van der Waals surface area contributed by atoms with Crippen molar-refractivity contribution >= 4 is 17.9 Å². The third-order valence-corrected chi connectivity index (χ3v) is 6.14. The molecule has 1 saturated heterocycles. The molecular formula is C27H35N3O4. The minimum atomic E-state index is -0.484. The number of rotatable bonds is 10. The maximum atomic E-state index is 13.0. The molecule has 2 aromatic rings. The number of benzene rings is 2. The summed E-state index contributed by atoms with van der Waals surface area (Å²) in [6.07, 6.45) is 2.68. The molecule has 182 valence electrons. The van der Waals surface area contributed by atoms with Gasteiger partial charge in [-0.15, -0.1) is 0 Å². The molecule has 0 bridgehead atoms. The Morgan fingerprint density at radius 2 is 1.65 bits per heavy atom. The predicted octanol–water partition coefficient (Wildman–Crippen LogP) is 3.99. The lowest BCUT2D eigenvalue weighted by Gasteiger charge is -2.34. The van der Waals surface area contributed by atoms with Gasteiger partial charge in [-0.1, -0.05) is 67.6 Å². The van der Waals surface area contributed by atoms with Gasteiger partial charge in [-0.25, -0.2) is 4.79 Å². The SMILES string of the molecule is CCC(C(=O)N1CCC(NC(=O)CCCNC(=O)OCc2ccccc2)CC1)c1ccccc1. The summed E-state index contributed by atoms with van der Waals surface area (Å²) in [7, 11) is 0. The van der Waals surface area contributed by atoms with Crippen LogP contribution < -0.4 is 10.6 Å². The zero-order chi connectivity index (χ0) is 24.2. The van der Waals surface area contributed by atoms with Gasteiger partial charge in [0.25, 0.3) is 0 Å². The highest BCUT2D eigenvalue weighted by molar-refractivity contribution is 5.84. The number of carbonyl (C=O) groups excluding carboxylic acids is 3. The van der Waals surface area contributed by atoms with Gasteiger partial charge >= 0.3 is 6.09 Å². The minimum Gasteiger partial charge on any atom is -0.445 e. The largest absolute Gasteiger partial charge is 0.445 e.